The monoisotopic (exact) mass is 433 g/mol. The van der Waals surface area contributed by atoms with Crippen molar-refractivity contribution in [2.24, 2.45) is 0 Å². The third kappa shape index (κ3) is 7.04. The van der Waals surface area contributed by atoms with E-state index in [1.807, 2.05) is 91.0 Å². The molecule has 1 amide bonds. The van der Waals surface area contributed by atoms with Crippen LogP contribution in [0.4, 0.5) is 0 Å². The van der Waals surface area contributed by atoms with Crippen molar-refractivity contribution in [3.05, 3.63) is 103 Å². The largest absolute Gasteiger partial charge is 0.699 e. The third-order valence-electron chi connectivity index (χ3n) is 4.38. The minimum atomic E-state index is -3.29. The molecule has 0 saturated carbocycles. The van der Waals surface area contributed by atoms with Gasteiger partial charge < -0.3 is 18.6 Å². The molecule has 0 saturated heterocycles. The standard InChI is InChI=1S/C25H27NO4Si/c1-21(2)25(27)26-19-12-20-31(28-22-13-6-3-7-14-22,29-23-15-8-4-9-16-23)30-24-17-10-5-11-18-24/h3-11,13-18H,1,12,19-20H2,2H3,(H,26,27). The van der Waals surface area contributed by atoms with Crippen LogP contribution in [0.2, 0.25) is 6.04 Å². The first-order valence-electron chi connectivity index (χ1n) is 10.2. The maximum atomic E-state index is 11.8. The van der Waals surface area contributed by atoms with Gasteiger partial charge in [-0.3, -0.25) is 4.79 Å². The van der Waals surface area contributed by atoms with E-state index >= 15 is 0 Å². The second kappa shape index (κ2) is 11.0. The van der Waals surface area contributed by atoms with Crippen LogP contribution >= 0.6 is 0 Å². The summed E-state index contributed by atoms with van der Waals surface area (Å²) in [5.74, 6) is 1.86. The Labute approximate surface area is 184 Å². The number of hydrogen-bond acceptors (Lipinski definition) is 4. The molecule has 3 aromatic carbocycles. The van der Waals surface area contributed by atoms with E-state index < -0.39 is 8.80 Å². The number of benzene rings is 3. The molecule has 0 atom stereocenters. The summed E-state index contributed by atoms with van der Waals surface area (Å²) in [6.07, 6.45) is 0.623. The molecule has 3 rings (SSSR count). The average molecular weight is 434 g/mol. The molecular weight excluding hydrogens is 406 g/mol. The quantitative estimate of drug-likeness (QED) is 0.255. The average Bonchev–Trinajstić information content (AvgIpc) is 2.78. The van der Waals surface area contributed by atoms with Crippen molar-refractivity contribution in [3.63, 3.8) is 0 Å². The fourth-order valence-corrected chi connectivity index (χ4v) is 5.40. The van der Waals surface area contributed by atoms with Gasteiger partial charge in [-0.2, -0.15) is 0 Å². The Morgan fingerprint density at radius 2 is 1.16 bits per heavy atom. The van der Waals surface area contributed by atoms with E-state index in [-0.39, 0.29) is 5.91 Å². The first kappa shape index (κ1) is 22.2. The van der Waals surface area contributed by atoms with E-state index in [0.717, 1.165) is 0 Å². The Bertz CT molecular complexity index is 863. The number of nitrogens with one attached hydrogen (secondary N) is 1. The maximum absolute atomic E-state index is 11.8. The highest BCUT2D eigenvalue weighted by molar-refractivity contribution is 6.63. The van der Waals surface area contributed by atoms with Crippen LogP contribution in [0.5, 0.6) is 17.2 Å². The van der Waals surface area contributed by atoms with Gasteiger partial charge in [0.05, 0.1) is 6.04 Å². The van der Waals surface area contributed by atoms with Crippen LogP contribution < -0.4 is 18.6 Å². The highest BCUT2D eigenvalue weighted by atomic mass is 28.4. The van der Waals surface area contributed by atoms with Gasteiger partial charge in [0.1, 0.15) is 17.2 Å². The lowest BCUT2D eigenvalue weighted by atomic mass is 10.3. The molecule has 0 bridgehead atoms. The highest BCUT2D eigenvalue weighted by Crippen LogP contribution is 2.27. The predicted octanol–water partition coefficient (Wildman–Crippen LogP) is 5.24. The lowest BCUT2D eigenvalue weighted by Gasteiger charge is -2.30. The molecule has 3 aromatic rings. The van der Waals surface area contributed by atoms with Crippen LogP contribution in [0.3, 0.4) is 0 Å². The summed E-state index contributed by atoms with van der Waals surface area (Å²) in [4.78, 5) is 11.8. The van der Waals surface area contributed by atoms with E-state index in [2.05, 4.69) is 11.9 Å². The Morgan fingerprint density at radius 1 is 0.774 bits per heavy atom. The van der Waals surface area contributed by atoms with Gasteiger partial charge in [0.2, 0.25) is 5.91 Å². The SMILES string of the molecule is C=C(C)C(=O)NCCC[Si](Oc1ccccc1)(Oc1ccccc1)Oc1ccccc1. The second-order valence-electron chi connectivity index (χ2n) is 7.07. The first-order valence-corrected chi connectivity index (χ1v) is 12.2. The molecule has 0 heterocycles. The molecular formula is C25H27NO4Si. The number of hydrogen-bond donors (Lipinski definition) is 1. The number of para-hydroxylation sites is 3. The molecule has 0 aromatic heterocycles. The molecule has 0 fully saturated rings. The topological polar surface area (TPSA) is 56.8 Å². The van der Waals surface area contributed by atoms with Crippen molar-refractivity contribution in [2.45, 2.75) is 19.4 Å². The van der Waals surface area contributed by atoms with E-state index in [0.29, 0.717) is 41.8 Å². The van der Waals surface area contributed by atoms with Crippen molar-refractivity contribution in [1.29, 1.82) is 0 Å². The minimum absolute atomic E-state index is 0.163. The smallest absolute Gasteiger partial charge is 0.483 e. The van der Waals surface area contributed by atoms with Crippen LogP contribution in [0, 0.1) is 0 Å². The van der Waals surface area contributed by atoms with Gasteiger partial charge in [-0.25, -0.2) is 0 Å². The zero-order valence-electron chi connectivity index (χ0n) is 17.6. The van der Waals surface area contributed by atoms with Gasteiger partial charge in [-0.1, -0.05) is 61.2 Å². The zero-order valence-corrected chi connectivity index (χ0v) is 18.6. The summed E-state index contributed by atoms with van der Waals surface area (Å²) in [5.41, 5.74) is 0.477. The van der Waals surface area contributed by atoms with Gasteiger partial charge in [0.15, 0.2) is 0 Å². The van der Waals surface area contributed by atoms with Crippen molar-refractivity contribution in [2.75, 3.05) is 6.54 Å². The van der Waals surface area contributed by atoms with Crippen molar-refractivity contribution in [3.8, 4) is 17.2 Å². The summed E-state index contributed by atoms with van der Waals surface area (Å²) in [7, 11) is -3.29. The Hall–Kier alpha value is -3.51. The molecule has 0 aliphatic carbocycles. The lowest BCUT2D eigenvalue weighted by Crippen LogP contribution is -2.55. The molecule has 5 nitrogen and oxygen atoms in total. The fourth-order valence-electron chi connectivity index (χ4n) is 2.88. The molecule has 0 aliphatic rings. The van der Waals surface area contributed by atoms with Crippen molar-refractivity contribution in [1.82, 2.24) is 5.32 Å². The van der Waals surface area contributed by atoms with Crippen LogP contribution in [-0.2, 0) is 4.79 Å². The number of carbonyl (C=O) groups excluding carboxylic acids is 1. The van der Waals surface area contributed by atoms with E-state index in [4.69, 9.17) is 13.3 Å². The number of rotatable bonds is 11. The summed E-state index contributed by atoms with van der Waals surface area (Å²) in [5, 5.41) is 2.86. The van der Waals surface area contributed by atoms with E-state index in [1.54, 1.807) is 6.92 Å². The van der Waals surface area contributed by atoms with Gasteiger partial charge in [0, 0.05) is 12.1 Å². The van der Waals surface area contributed by atoms with Crippen LogP contribution in [-0.4, -0.2) is 21.3 Å². The van der Waals surface area contributed by atoms with Gasteiger partial charge in [-0.05, 0) is 49.7 Å². The number of carbonyl (C=O) groups is 1. The Balaban J connectivity index is 1.86. The van der Waals surface area contributed by atoms with Crippen molar-refractivity contribution < 1.29 is 18.1 Å². The molecule has 160 valence electrons. The maximum Gasteiger partial charge on any atom is 0.699 e. The summed E-state index contributed by atoms with van der Waals surface area (Å²) < 4.78 is 19.3. The molecule has 6 heteroatoms. The van der Waals surface area contributed by atoms with Crippen LogP contribution in [0.1, 0.15) is 13.3 Å². The first-order chi connectivity index (χ1) is 15.1. The molecule has 31 heavy (non-hydrogen) atoms. The second-order valence-corrected chi connectivity index (χ2v) is 9.55. The zero-order chi connectivity index (χ0) is 21.9. The van der Waals surface area contributed by atoms with Crippen LogP contribution in [0.25, 0.3) is 0 Å². The van der Waals surface area contributed by atoms with E-state index in [9.17, 15) is 4.79 Å². The molecule has 0 unspecified atom stereocenters. The molecule has 0 spiro atoms. The number of amides is 1. The van der Waals surface area contributed by atoms with Gasteiger partial charge >= 0.3 is 8.80 Å². The summed E-state index contributed by atoms with van der Waals surface area (Å²) in [6.45, 7) is 5.82. The minimum Gasteiger partial charge on any atom is -0.483 e. The van der Waals surface area contributed by atoms with Crippen molar-refractivity contribution >= 4 is 14.7 Å². The third-order valence-corrected chi connectivity index (χ3v) is 6.99. The molecule has 0 radical (unpaired) electrons. The highest BCUT2D eigenvalue weighted by Gasteiger charge is 2.48. The fraction of sp³-hybridized carbons (Fsp3) is 0.160. The predicted molar refractivity (Wildman–Crippen MR) is 124 cm³/mol. The normalized spacial score (nSPS) is 10.7. The molecule has 0 aliphatic heterocycles. The van der Waals surface area contributed by atoms with Crippen LogP contribution in [0.15, 0.2) is 103 Å². The molecule has 1 N–H and O–H groups in total. The summed E-state index contributed by atoms with van der Waals surface area (Å²) in [6, 6.07) is 29.0. The summed E-state index contributed by atoms with van der Waals surface area (Å²) >= 11 is 0. The van der Waals surface area contributed by atoms with E-state index in [1.165, 1.54) is 0 Å². The van der Waals surface area contributed by atoms with Gasteiger partial charge in [-0.15, -0.1) is 0 Å². The van der Waals surface area contributed by atoms with Gasteiger partial charge in [0.25, 0.3) is 0 Å². The Kier molecular flexibility index (Phi) is 7.89. The Morgan fingerprint density at radius 3 is 1.52 bits per heavy atom. The lowest BCUT2D eigenvalue weighted by molar-refractivity contribution is -0.117.